The zero-order valence-corrected chi connectivity index (χ0v) is 13.6. The molecule has 0 heterocycles. The van der Waals surface area contributed by atoms with Crippen molar-refractivity contribution >= 4 is 0 Å². The highest BCUT2D eigenvalue weighted by atomic mass is 16.3. The predicted octanol–water partition coefficient (Wildman–Crippen LogP) is 3.92. The van der Waals surface area contributed by atoms with Crippen LogP contribution in [-0.2, 0) is 6.42 Å². The molecule has 122 valence electrons. The summed E-state index contributed by atoms with van der Waals surface area (Å²) in [6.07, 6.45) is 10.9. The third-order valence-electron chi connectivity index (χ3n) is 7.23. The Morgan fingerprint density at radius 2 is 2.13 bits per heavy atom. The van der Waals surface area contributed by atoms with Crippen LogP contribution in [0.15, 0.2) is 12.1 Å². The summed E-state index contributed by atoms with van der Waals surface area (Å²) < 4.78 is 23.1. The van der Waals surface area contributed by atoms with Gasteiger partial charge in [0.05, 0.1) is 0 Å². The van der Waals surface area contributed by atoms with Gasteiger partial charge in [-0.05, 0) is 85.9 Å². The zero-order chi connectivity index (χ0) is 18.9. The highest BCUT2D eigenvalue weighted by molar-refractivity contribution is 5.45. The SMILES string of the molecule is [2H]C([2H])([2H])c1cc2c(cc1O)CC[C@@H]1[C@@H]2CC[C@@]2(C)[C@H]1CC[C@@]2(O)C#C. The van der Waals surface area contributed by atoms with Gasteiger partial charge in [-0.25, -0.2) is 0 Å². The number of aryl methyl sites for hydroxylation is 2. The monoisotopic (exact) mass is 313 g/mol. The molecule has 0 aliphatic heterocycles. The number of hydrogen-bond acceptors (Lipinski definition) is 2. The largest absolute Gasteiger partial charge is 0.508 e. The number of rotatable bonds is 0. The number of phenolic OH excluding ortho intramolecular Hbond substituents is 1. The Labute approximate surface area is 143 Å². The van der Waals surface area contributed by atoms with E-state index in [-0.39, 0.29) is 16.7 Å². The molecular weight excluding hydrogens is 284 g/mol. The molecule has 1 aromatic carbocycles. The number of hydrogen-bond donors (Lipinski definition) is 2. The van der Waals surface area contributed by atoms with E-state index in [1.165, 1.54) is 0 Å². The minimum Gasteiger partial charge on any atom is -0.508 e. The summed E-state index contributed by atoms with van der Waals surface area (Å²) in [4.78, 5) is 0. The first kappa shape index (κ1) is 12.0. The van der Waals surface area contributed by atoms with Gasteiger partial charge in [0.15, 0.2) is 0 Å². The molecule has 23 heavy (non-hydrogen) atoms. The van der Waals surface area contributed by atoms with Crippen molar-refractivity contribution in [3.8, 4) is 18.1 Å². The first-order valence-electron chi connectivity index (χ1n) is 10.2. The molecular formula is C21H26O2. The summed E-state index contributed by atoms with van der Waals surface area (Å²) in [7, 11) is 0. The molecule has 2 saturated carbocycles. The molecule has 2 heteroatoms. The van der Waals surface area contributed by atoms with Gasteiger partial charge in [0.1, 0.15) is 11.4 Å². The van der Waals surface area contributed by atoms with Crippen molar-refractivity contribution < 1.29 is 14.3 Å². The van der Waals surface area contributed by atoms with E-state index in [1.807, 2.05) is 0 Å². The van der Waals surface area contributed by atoms with Crippen LogP contribution in [0.3, 0.4) is 0 Å². The highest BCUT2D eigenvalue weighted by Crippen LogP contribution is 2.64. The molecule has 0 bridgehead atoms. The van der Waals surface area contributed by atoms with Crippen LogP contribution in [0, 0.1) is 36.4 Å². The van der Waals surface area contributed by atoms with Crippen molar-refractivity contribution in [2.24, 2.45) is 17.3 Å². The zero-order valence-electron chi connectivity index (χ0n) is 16.6. The van der Waals surface area contributed by atoms with Crippen molar-refractivity contribution in [3.63, 3.8) is 0 Å². The fourth-order valence-corrected chi connectivity index (χ4v) is 5.86. The maximum absolute atomic E-state index is 11.0. The molecule has 2 fully saturated rings. The quantitative estimate of drug-likeness (QED) is 0.713. The van der Waals surface area contributed by atoms with Gasteiger partial charge in [-0.2, -0.15) is 0 Å². The molecule has 0 saturated heterocycles. The van der Waals surface area contributed by atoms with E-state index in [9.17, 15) is 10.2 Å². The number of phenols is 1. The second-order valence-corrected chi connectivity index (χ2v) is 7.98. The Bertz CT molecular complexity index is 794. The van der Waals surface area contributed by atoms with Crippen LogP contribution < -0.4 is 0 Å². The second-order valence-electron chi connectivity index (χ2n) is 7.98. The van der Waals surface area contributed by atoms with Crippen molar-refractivity contribution in [3.05, 3.63) is 28.8 Å². The maximum Gasteiger partial charge on any atom is 0.130 e. The number of aliphatic hydroxyl groups is 1. The Kier molecular flexibility index (Phi) is 2.49. The van der Waals surface area contributed by atoms with Crippen LogP contribution in [0.25, 0.3) is 0 Å². The molecule has 2 nitrogen and oxygen atoms in total. The van der Waals surface area contributed by atoms with Gasteiger partial charge < -0.3 is 10.2 Å². The van der Waals surface area contributed by atoms with Crippen LogP contribution in [0.2, 0.25) is 0 Å². The Hall–Kier alpha value is -1.46. The first-order valence-corrected chi connectivity index (χ1v) is 8.67. The van der Waals surface area contributed by atoms with Crippen molar-refractivity contribution in [2.75, 3.05) is 0 Å². The van der Waals surface area contributed by atoms with Crippen molar-refractivity contribution in [1.29, 1.82) is 0 Å². The highest BCUT2D eigenvalue weighted by Gasteiger charge is 2.61. The molecule has 0 radical (unpaired) electrons. The van der Waals surface area contributed by atoms with Gasteiger partial charge in [-0.1, -0.05) is 18.9 Å². The van der Waals surface area contributed by atoms with Crippen molar-refractivity contribution in [2.45, 2.75) is 63.8 Å². The summed E-state index contributed by atoms with van der Waals surface area (Å²) in [6, 6.07) is 3.38. The summed E-state index contributed by atoms with van der Waals surface area (Å²) in [5.74, 6) is 3.63. The first-order chi connectivity index (χ1) is 12.1. The minimum atomic E-state index is -2.31. The molecule has 5 atom stereocenters. The topological polar surface area (TPSA) is 40.5 Å². The van der Waals surface area contributed by atoms with Crippen LogP contribution >= 0.6 is 0 Å². The summed E-state index contributed by atoms with van der Waals surface area (Å²) >= 11 is 0. The predicted molar refractivity (Wildman–Crippen MR) is 91.2 cm³/mol. The molecule has 0 unspecified atom stereocenters. The smallest absolute Gasteiger partial charge is 0.130 e. The number of fused-ring (bicyclic) bond motifs is 5. The van der Waals surface area contributed by atoms with Gasteiger partial charge in [0, 0.05) is 9.53 Å². The lowest BCUT2D eigenvalue weighted by molar-refractivity contribution is -0.0647. The van der Waals surface area contributed by atoms with E-state index in [1.54, 1.807) is 12.1 Å². The van der Waals surface area contributed by atoms with Crippen LogP contribution in [0.1, 0.15) is 65.7 Å². The van der Waals surface area contributed by atoms with Crippen LogP contribution in [-0.4, -0.2) is 15.8 Å². The van der Waals surface area contributed by atoms with Crippen LogP contribution in [0.5, 0.6) is 5.75 Å². The molecule has 1 aromatic rings. The van der Waals surface area contributed by atoms with E-state index >= 15 is 0 Å². The molecule has 0 aromatic heterocycles. The van der Waals surface area contributed by atoms with E-state index < -0.39 is 12.5 Å². The molecule has 0 spiro atoms. The van der Waals surface area contributed by atoms with E-state index in [0.717, 1.165) is 43.2 Å². The normalized spacial score (nSPS) is 44.0. The summed E-state index contributed by atoms with van der Waals surface area (Å²) in [5.41, 5.74) is 0.928. The number of benzene rings is 1. The maximum atomic E-state index is 11.0. The van der Waals surface area contributed by atoms with Gasteiger partial charge in [0.25, 0.3) is 0 Å². The lowest BCUT2D eigenvalue weighted by Gasteiger charge is -2.52. The van der Waals surface area contributed by atoms with Crippen molar-refractivity contribution in [1.82, 2.24) is 0 Å². The Morgan fingerprint density at radius 1 is 1.30 bits per heavy atom. The Morgan fingerprint density at radius 3 is 2.87 bits per heavy atom. The minimum absolute atomic E-state index is 0.0526. The molecule has 0 amide bonds. The molecule has 2 N–H and O–H groups in total. The lowest BCUT2D eigenvalue weighted by Crippen LogP contribution is -2.50. The van der Waals surface area contributed by atoms with Gasteiger partial charge >= 0.3 is 0 Å². The average molecular weight is 313 g/mol. The number of aromatic hydroxyl groups is 1. The van der Waals surface area contributed by atoms with E-state index in [4.69, 9.17) is 10.5 Å². The fraction of sp³-hybridized carbons (Fsp3) is 0.619. The Balaban J connectivity index is 1.75. The standard InChI is InChI=1S/C21H26O2/c1-4-21(23)10-8-18-16-6-5-14-12-19(22)13(2)11-17(14)15(16)7-9-20(18,21)3/h1,11-12,15-16,18,22-23H,5-10H2,2-3H3/t15-,16+,18-,20-,21-/m0/s1/i2D3. The van der Waals surface area contributed by atoms with Gasteiger partial charge in [0.2, 0.25) is 0 Å². The fourth-order valence-electron chi connectivity index (χ4n) is 5.86. The molecule has 4 rings (SSSR count). The lowest BCUT2D eigenvalue weighted by atomic mass is 9.53. The van der Waals surface area contributed by atoms with Gasteiger partial charge in [-0.15, -0.1) is 6.42 Å². The third kappa shape index (κ3) is 1.86. The van der Waals surface area contributed by atoms with Crippen LogP contribution in [0.4, 0.5) is 0 Å². The summed E-state index contributed by atoms with van der Waals surface area (Å²) in [6.45, 7) is -0.173. The second kappa shape index (κ2) is 4.77. The summed E-state index contributed by atoms with van der Waals surface area (Å²) in [5, 5.41) is 21.2. The molecule has 3 aliphatic carbocycles. The van der Waals surface area contributed by atoms with E-state index in [2.05, 4.69) is 12.8 Å². The van der Waals surface area contributed by atoms with E-state index in [0.29, 0.717) is 24.2 Å². The number of terminal acetylenes is 1. The molecule has 3 aliphatic rings. The average Bonchev–Trinajstić information content (AvgIpc) is 2.85. The van der Waals surface area contributed by atoms with Gasteiger partial charge in [-0.3, -0.25) is 0 Å². The third-order valence-corrected chi connectivity index (χ3v) is 7.23.